The first-order chi connectivity index (χ1) is 26.1. The highest BCUT2D eigenvalue weighted by Crippen LogP contribution is 2.54. The second-order valence-electron chi connectivity index (χ2n) is 14.2. The summed E-state index contributed by atoms with van der Waals surface area (Å²) < 4.78 is 0. The van der Waals surface area contributed by atoms with Gasteiger partial charge < -0.3 is 9.80 Å². The number of nitrogens with zero attached hydrogens (tertiary/aromatic N) is 2. The van der Waals surface area contributed by atoms with E-state index in [2.05, 4.69) is 230 Å². The van der Waals surface area contributed by atoms with Crippen LogP contribution >= 0.6 is 0 Å². The third-order valence-electron chi connectivity index (χ3n) is 10.7. The molecule has 1 aliphatic rings. The van der Waals surface area contributed by atoms with Gasteiger partial charge in [-0.25, -0.2) is 0 Å². The average molecular weight is 681 g/mol. The highest BCUT2D eigenvalue weighted by atomic mass is 15.1. The average Bonchev–Trinajstić information content (AvgIpc) is 3.46. The van der Waals surface area contributed by atoms with Crippen LogP contribution in [0.2, 0.25) is 0 Å². The topological polar surface area (TPSA) is 6.48 Å². The molecule has 254 valence electrons. The van der Waals surface area contributed by atoms with E-state index in [-0.39, 0.29) is 5.41 Å². The number of hydrogen-bond acceptors (Lipinski definition) is 2. The van der Waals surface area contributed by atoms with Gasteiger partial charge >= 0.3 is 0 Å². The summed E-state index contributed by atoms with van der Waals surface area (Å²) in [7, 11) is 0. The van der Waals surface area contributed by atoms with Crippen molar-refractivity contribution in [3.8, 4) is 33.4 Å². The Balaban J connectivity index is 1.11. The molecular formula is C51H40N2. The van der Waals surface area contributed by atoms with E-state index in [0.717, 1.165) is 28.4 Å². The highest BCUT2D eigenvalue weighted by molar-refractivity contribution is 5.95. The molecule has 0 saturated carbocycles. The number of anilines is 6. The van der Waals surface area contributed by atoms with Crippen LogP contribution in [0.5, 0.6) is 0 Å². The van der Waals surface area contributed by atoms with E-state index in [1.165, 1.54) is 50.2 Å². The molecule has 0 heterocycles. The molecule has 8 aromatic rings. The van der Waals surface area contributed by atoms with Crippen LogP contribution in [0.15, 0.2) is 206 Å². The van der Waals surface area contributed by atoms with Gasteiger partial charge in [0, 0.05) is 39.4 Å². The SMILES string of the molecule is CC1(C)c2ccccc2-c2c(N(c3ccc(-c4ccccc4)cc3)c3ccc(-c4ccc(N(c5ccccc5)c5ccccc5)cc4)cc3)cccc21. The predicted molar refractivity (Wildman–Crippen MR) is 224 cm³/mol. The molecule has 0 amide bonds. The zero-order chi connectivity index (χ0) is 35.8. The zero-order valence-electron chi connectivity index (χ0n) is 30.0. The van der Waals surface area contributed by atoms with Crippen LogP contribution in [0.25, 0.3) is 33.4 Å². The molecule has 0 unspecified atom stereocenters. The molecule has 0 fully saturated rings. The maximum absolute atomic E-state index is 2.43. The van der Waals surface area contributed by atoms with E-state index < -0.39 is 0 Å². The molecule has 2 nitrogen and oxygen atoms in total. The third-order valence-corrected chi connectivity index (χ3v) is 10.7. The number of hydrogen-bond donors (Lipinski definition) is 0. The summed E-state index contributed by atoms with van der Waals surface area (Å²) in [4.78, 5) is 4.72. The van der Waals surface area contributed by atoms with Crippen molar-refractivity contribution in [2.75, 3.05) is 9.80 Å². The first-order valence-electron chi connectivity index (χ1n) is 18.4. The fraction of sp³-hybridized carbons (Fsp3) is 0.0588. The van der Waals surface area contributed by atoms with Crippen LogP contribution in [0.4, 0.5) is 34.1 Å². The molecule has 0 aliphatic heterocycles. The standard InChI is InChI=1S/C51H40N2/c1-51(2)47-22-13-12-21-46(47)50-48(51)23-14-24-49(50)53(44-33-27-38(28-34-44)37-15-6-3-7-16-37)45-35-29-40(30-36-45)39-25-31-43(32-26-39)52(41-17-8-4-9-18-41)42-19-10-5-11-20-42/h3-36H,1-2H3. The van der Waals surface area contributed by atoms with Crippen molar-refractivity contribution in [2.24, 2.45) is 0 Å². The van der Waals surface area contributed by atoms with Crippen molar-refractivity contribution in [3.05, 3.63) is 217 Å². The summed E-state index contributed by atoms with van der Waals surface area (Å²) in [5, 5.41) is 0. The minimum absolute atomic E-state index is 0.0859. The van der Waals surface area contributed by atoms with Crippen molar-refractivity contribution in [1.29, 1.82) is 0 Å². The minimum Gasteiger partial charge on any atom is -0.311 e. The van der Waals surface area contributed by atoms with Crippen LogP contribution in [0.1, 0.15) is 25.0 Å². The molecule has 8 aromatic carbocycles. The van der Waals surface area contributed by atoms with Gasteiger partial charge in [-0.1, -0.05) is 153 Å². The van der Waals surface area contributed by atoms with E-state index in [1.54, 1.807) is 0 Å². The Labute approximate surface area is 312 Å². The zero-order valence-corrected chi connectivity index (χ0v) is 30.0. The van der Waals surface area contributed by atoms with Gasteiger partial charge in [0.25, 0.3) is 0 Å². The smallest absolute Gasteiger partial charge is 0.0543 e. The van der Waals surface area contributed by atoms with Crippen LogP contribution in [-0.4, -0.2) is 0 Å². The lowest BCUT2D eigenvalue weighted by Crippen LogP contribution is -2.16. The summed E-state index contributed by atoms with van der Waals surface area (Å²) >= 11 is 0. The van der Waals surface area contributed by atoms with E-state index in [0.29, 0.717) is 0 Å². The lowest BCUT2D eigenvalue weighted by atomic mass is 9.82. The summed E-state index contributed by atoms with van der Waals surface area (Å²) in [6.07, 6.45) is 0. The molecule has 0 bridgehead atoms. The van der Waals surface area contributed by atoms with Gasteiger partial charge in [0.05, 0.1) is 5.69 Å². The fourth-order valence-corrected chi connectivity index (χ4v) is 7.99. The van der Waals surface area contributed by atoms with Crippen LogP contribution < -0.4 is 9.80 Å². The first-order valence-corrected chi connectivity index (χ1v) is 18.4. The lowest BCUT2D eigenvalue weighted by Gasteiger charge is -2.29. The number of para-hydroxylation sites is 2. The Bertz CT molecular complexity index is 2450. The highest BCUT2D eigenvalue weighted by Gasteiger charge is 2.37. The molecular weight excluding hydrogens is 641 g/mol. The van der Waals surface area contributed by atoms with Crippen LogP contribution in [0, 0.1) is 0 Å². The van der Waals surface area contributed by atoms with E-state index >= 15 is 0 Å². The molecule has 0 spiro atoms. The number of benzene rings is 8. The Hall–Kier alpha value is -6.64. The third kappa shape index (κ3) is 5.89. The van der Waals surface area contributed by atoms with Crippen LogP contribution in [-0.2, 0) is 5.41 Å². The lowest BCUT2D eigenvalue weighted by molar-refractivity contribution is 0.660. The largest absolute Gasteiger partial charge is 0.311 e. The van der Waals surface area contributed by atoms with E-state index in [1.807, 2.05) is 0 Å². The van der Waals surface area contributed by atoms with E-state index in [4.69, 9.17) is 0 Å². The van der Waals surface area contributed by atoms with Crippen LogP contribution in [0.3, 0.4) is 0 Å². The quantitative estimate of drug-likeness (QED) is 0.158. The first kappa shape index (κ1) is 32.3. The fourth-order valence-electron chi connectivity index (χ4n) is 7.99. The second-order valence-corrected chi connectivity index (χ2v) is 14.2. The molecule has 1 aliphatic carbocycles. The Morgan fingerprint density at radius 1 is 0.302 bits per heavy atom. The van der Waals surface area contributed by atoms with Gasteiger partial charge in [0.2, 0.25) is 0 Å². The molecule has 53 heavy (non-hydrogen) atoms. The molecule has 2 heteroatoms. The second kappa shape index (κ2) is 13.5. The van der Waals surface area contributed by atoms with Crippen molar-refractivity contribution in [2.45, 2.75) is 19.3 Å². The summed E-state index contributed by atoms with van der Waals surface area (Å²) in [6, 6.07) is 74.3. The van der Waals surface area contributed by atoms with Gasteiger partial charge in [0.15, 0.2) is 0 Å². The van der Waals surface area contributed by atoms with Gasteiger partial charge in [-0.15, -0.1) is 0 Å². The van der Waals surface area contributed by atoms with E-state index in [9.17, 15) is 0 Å². The molecule has 0 saturated heterocycles. The molecule has 9 rings (SSSR count). The van der Waals surface area contributed by atoms with Crippen molar-refractivity contribution in [1.82, 2.24) is 0 Å². The van der Waals surface area contributed by atoms with Gasteiger partial charge in [-0.2, -0.15) is 0 Å². The Kier molecular flexibility index (Phi) is 8.21. The van der Waals surface area contributed by atoms with Gasteiger partial charge in [-0.05, 0) is 106 Å². The number of fused-ring (bicyclic) bond motifs is 3. The number of rotatable bonds is 8. The normalized spacial score (nSPS) is 12.5. The molecule has 0 radical (unpaired) electrons. The van der Waals surface area contributed by atoms with Gasteiger partial charge in [0.1, 0.15) is 0 Å². The monoisotopic (exact) mass is 680 g/mol. The minimum atomic E-state index is -0.0859. The summed E-state index contributed by atoms with van der Waals surface area (Å²) in [5.41, 5.74) is 16.8. The van der Waals surface area contributed by atoms with Crippen molar-refractivity contribution >= 4 is 34.1 Å². The summed E-state index contributed by atoms with van der Waals surface area (Å²) in [5.74, 6) is 0. The Morgan fingerprint density at radius 3 is 1.19 bits per heavy atom. The Morgan fingerprint density at radius 2 is 0.679 bits per heavy atom. The van der Waals surface area contributed by atoms with Crippen molar-refractivity contribution in [3.63, 3.8) is 0 Å². The summed E-state index contributed by atoms with van der Waals surface area (Å²) in [6.45, 7) is 4.69. The molecule has 0 N–H and O–H groups in total. The molecule has 0 aromatic heterocycles. The predicted octanol–water partition coefficient (Wildman–Crippen LogP) is 14.3. The maximum atomic E-state index is 2.43. The molecule has 0 atom stereocenters. The maximum Gasteiger partial charge on any atom is 0.0543 e. The van der Waals surface area contributed by atoms with Gasteiger partial charge in [-0.3, -0.25) is 0 Å². The van der Waals surface area contributed by atoms with Crippen molar-refractivity contribution < 1.29 is 0 Å².